The Morgan fingerprint density at radius 1 is 1.24 bits per heavy atom. The zero-order valence-corrected chi connectivity index (χ0v) is 14.6. The molecule has 8 heteroatoms. The summed E-state index contributed by atoms with van der Waals surface area (Å²) in [5, 5.41) is 5.32. The van der Waals surface area contributed by atoms with Crippen LogP contribution in [0.15, 0.2) is 30.3 Å². The lowest BCUT2D eigenvalue weighted by molar-refractivity contribution is -0.123. The maximum Gasteiger partial charge on any atom is 0.339 e. The number of halogens is 1. The van der Waals surface area contributed by atoms with E-state index in [9.17, 15) is 14.4 Å². The molecule has 0 atom stereocenters. The zero-order valence-electron chi connectivity index (χ0n) is 13.8. The number of rotatable bonds is 5. The Bertz CT molecular complexity index is 808. The van der Waals surface area contributed by atoms with Crippen molar-refractivity contribution in [3.05, 3.63) is 41.0 Å². The lowest BCUT2D eigenvalue weighted by Gasteiger charge is -2.10. The van der Waals surface area contributed by atoms with Gasteiger partial charge in [0.05, 0.1) is 11.1 Å². The summed E-state index contributed by atoms with van der Waals surface area (Å²) in [6.07, 6.45) is 0. The van der Waals surface area contributed by atoms with E-state index in [4.69, 9.17) is 16.3 Å². The van der Waals surface area contributed by atoms with E-state index in [1.165, 1.54) is 6.07 Å². The molecule has 0 saturated carbocycles. The second-order valence-corrected chi connectivity index (χ2v) is 6.13. The van der Waals surface area contributed by atoms with Gasteiger partial charge in [0.25, 0.3) is 5.91 Å². The molecule has 1 aromatic carbocycles. The zero-order chi connectivity index (χ0) is 18.4. The number of imide groups is 1. The second-order valence-electron chi connectivity index (χ2n) is 5.74. The van der Waals surface area contributed by atoms with Gasteiger partial charge in [0.15, 0.2) is 6.61 Å². The molecule has 0 fully saturated rings. The average Bonchev–Trinajstić information content (AvgIpc) is 2.57. The van der Waals surface area contributed by atoms with Crippen LogP contribution >= 0.6 is 11.6 Å². The largest absolute Gasteiger partial charge is 0.452 e. The Balaban J connectivity index is 1.97. The number of esters is 1. The van der Waals surface area contributed by atoms with Crippen molar-refractivity contribution in [3.63, 3.8) is 0 Å². The first-order chi connectivity index (χ1) is 11.9. The van der Waals surface area contributed by atoms with Gasteiger partial charge in [0.2, 0.25) is 0 Å². The van der Waals surface area contributed by atoms with Gasteiger partial charge in [0, 0.05) is 11.9 Å². The van der Waals surface area contributed by atoms with Crippen LogP contribution in [0.2, 0.25) is 5.15 Å². The molecule has 0 radical (unpaired) electrons. The molecule has 0 saturated heterocycles. The fourth-order valence-corrected chi connectivity index (χ4v) is 2.22. The minimum absolute atomic E-state index is 0.142. The number of hydrogen-bond acceptors (Lipinski definition) is 5. The molecule has 2 aromatic rings. The van der Waals surface area contributed by atoms with Crippen molar-refractivity contribution in [2.45, 2.75) is 13.8 Å². The van der Waals surface area contributed by atoms with E-state index in [0.29, 0.717) is 17.4 Å². The van der Waals surface area contributed by atoms with E-state index in [-0.39, 0.29) is 16.6 Å². The molecular weight excluding hydrogens is 346 g/mol. The summed E-state index contributed by atoms with van der Waals surface area (Å²) in [7, 11) is 0. The first-order valence-electron chi connectivity index (χ1n) is 7.67. The van der Waals surface area contributed by atoms with Crippen molar-refractivity contribution in [1.82, 2.24) is 15.6 Å². The lowest BCUT2D eigenvalue weighted by atomic mass is 10.1. The molecular formula is C17H18ClN3O4. The molecule has 2 N–H and O–H groups in total. The van der Waals surface area contributed by atoms with E-state index in [1.807, 2.05) is 13.8 Å². The predicted molar refractivity (Wildman–Crippen MR) is 93.4 cm³/mol. The third-order valence-electron chi connectivity index (χ3n) is 3.16. The summed E-state index contributed by atoms with van der Waals surface area (Å²) in [5.41, 5.74) is 0.743. The van der Waals surface area contributed by atoms with Crippen molar-refractivity contribution in [1.29, 1.82) is 0 Å². The third-order valence-corrected chi connectivity index (χ3v) is 3.36. The molecule has 1 heterocycles. The molecule has 0 aliphatic carbocycles. The van der Waals surface area contributed by atoms with Crippen molar-refractivity contribution in [2.75, 3.05) is 13.2 Å². The maximum absolute atomic E-state index is 12.2. The van der Waals surface area contributed by atoms with Gasteiger partial charge in [-0.05, 0) is 18.1 Å². The standard InChI is InChI=1S/C17H18ClN3O4/c1-10(2)8-19-17(24)21-15(22)9-25-16(23)12-7-14(18)20-13-6-4-3-5-11(12)13/h3-7,10H,8-9H2,1-2H3,(H2,19,21,22,24). The van der Waals surface area contributed by atoms with Crippen molar-refractivity contribution >= 4 is 40.4 Å². The average molecular weight is 364 g/mol. The number of fused-ring (bicyclic) bond motifs is 1. The molecule has 3 amide bonds. The molecule has 25 heavy (non-hydrogen) atoms. The van der Waals surface area contributed by atoms with E-state index in [1.54, 1.807) is 24.3 Å². The fourth-order valence-electron chi connectivity index (χ4n) is 2.02. The van der Waals surface area contributed by atoms with Gasteiger partial charge in [-0.3, -0.25) is 10.1 Å². The normalized spacial score (nSPS) is 10.6. The second kappa shape index (κ2) is 8.43. The number of nitrogens with one attached hydrogen (secondary N) is 2. The number of hydrogen-bond donors (Lipinski definition) is 2. The maximum atomic E-state index is 12.2. The topological polar surface area (TPSA) is 97.4 Å². The number of pyridine rings is 1. The van der Waals surface area contributed by atoms with Gasteiger partial charge < -0.3 is 10.1 Å². The van der Waals surface area contributed by atoms with Crippen LogP contribution in [0.1, 0.15) is 24.2 Å². The predicted octanol–water partition coefficient (Wildman–Crippen LogP) is 2.53. The Morgan fingerprint density at radius 3 is 2.68 bits per heavy atom. The lowest BCUT2D eigenvalue weighted by Crippen LogP contribution is -2.42. The summed E-state index contributed by atoms with van der Waals surface area (Å²) in [6.45, 7) is 3.70. The number of carbonyl (C=O) groups excluding carboxylic acids is 3. The molecule has 7 nitrogen and oxygen atoms in total. The summed E-state index contributed by atoms with van der Waals surface area (Å²) >= 11 is 5.91. The summed E-state index contributed by atoms with van der Waals surface area (Å²) in [4.78, 5) is 39.5. The van der Waals surface area contributed by atoms with Crippen LogP contribution < -0.4 is 10.6 Å². The van der Waals surface area contributed by atoms with Gasteiger partial charge in [-0.15, -0.1) is 0 Å². The quantitative estimate of drug-likeness (QED) is 0.628. The summed E-state index contributed by atoms with van der Waals surface area (Å²) in [5.74, 6) is -1.19. The van der Waals surface area contributed by atoms with E-state index in [0.717, 1.165) is 0 Å². The summed E-state index contributed by atoms with van der Waals surface area (Å²) < 4.78 is 4.96. The number of ether oxygens (including phenoxy) is 1. The fraction of sp³-hybridized carbons (Fsp3) is 0.294. The minimum atomic E-state index is -0.724. The summed E-state index contributed by atoms with van der Waals surface area (Å²) in [6, 6.07) is 7.68. The van der Waals surface area contributed by atoms with E-state index >= 15 is 0 Å². The molecule has 0 aliphatic heterocycles. The highest BCUT2D eigenvalue weighted by Crippen LogP contribution is 2.21. The smallest absolute Gasteiger partial charge is 0.339 e. The SMILES string of the molecule is CC(C)CNC(=O)NC(=O)COC(=O)c1cc(Cl)nc2ccccc12. The monoisotopic (exact) mass is 363 g/mol. The third kappa shape index (κ3) is 5.42. The number of nitrogens with zero attached hydrogens (tertiary/aromatic N) is 1. The van der Waals surface area contributed by atoms with Gasteiger partial charge in [-0.25, -0.2) is 14.6 Å². The van der Waals surface area contributed by atoms with Crippen LogP contribution in [0, 0.1) is 5.92 Å². The van der Waals surface area contributed by atoms with Crippen molar-refractivity contribution in [3.8, 4) is 0 Å². The van der Waals surface area contributed by atoms with Crippen LogP contribution in [0.25, 0.3) is 10.9 Å². The highest BCUT2D eigenvalue weighted by Gasteiger charge is 2.16. The molecule has 1 aromatic heterocycles. The van der Waals surface area contributed by atoms with Crippen molar-refractivity contribution < 1.29 is 19.1 Å². The van der Waals surface area contributed by atoms with E-state index < -0.39 is 24.5 Å². The number of benzene rings is 1. The number of urea groups is 1. The molecule has 0 aliphatic rings. The molecule has 2 rings (SSSR count). The Labute approximate surface area is 149 Å². The van der Waals surface area contributed by atoms with Crippen LogP contribution in [0.3, 0.4) is 0 Å². The van der Waals surface area contributed by atoms with E-state index in [2.05, 4.69) is 15.6 Å². The van der Waals surface area contributed by atoms with Gasteiger partial charge in [0.1, 0.15) is 5.15 Å². The van der Waals surface area contributed by atoms with Crippen LogP contribution in [-0.2, 0) is 9.53 Å². The number of para-hydroxylation sites is 1. The van der Waals surface area contributed by atoms with Crippen LogP contribution in [-0.4, -0.2) is 36.0 Å². The number of aromatic nitrogens is 1. The van der Waals surface area contributed by atoms with Crippen molar-refractivity contribution in [2.24, 2.45) is 5.92 Å². The van der Waals surface area contributed by atoms with Crippen LogP contribution in [0.4, 0.5) is 4.79 Å². The molecule has 0 bridgehead atoms. The Hall–Kier alpha value is -2.67. The van der Waals surface area contributed by atoms with Crippen LogP contribution in [0.5, 0.6) is 0 Å². The number of carbonyl (C=O) groups is 3. The highest BCUT2D eigenvalue weighted by molar-refractivity contribution is 6.30. The number of amides is 3. The molecule has 0 unspecified atom stereocenters. The minimum Gasteiger partial charge on any atom is -0.452 e. The van der Waals surface area contributed by atoms with Gasteiger partial charge in [-0.1, -0.05) is 43.6 Å². The van der Waals surface area contributed by atoms with Gasteiger partial charge in [-0.2, -0.15) is 0 Å². The van der Waals surface area contributed by atoms with Gasteiger partial charge >= 0.3 is 12.0 Å². The Morgan fingerprint density at radius 2 is 1.96 bits per heavy atom. The first-order valence-corrected chi connectivity index (χ1v) is 8.04. The Kier molecular flexibility index (Phi) is 6.30. The first kappa shape index (κ1) is 18.7. The molecule has 0 spiro atoms. The molecule has 132 valence electrons. The highest BCUT2D eigenvalue weighted by atomic mass is 35.5.